The summed E-state index contributed by atoms with van der Waals surface area (Å²) in [5.41, 5.74) is 0.559. The summed E-state index contributed by atoms with van der Waals surface area (Å²) in [4.78, 5) is 9.27. The van der Waals surface area contributed by atoms with E-state index in [4.69, 9.17) is 4.98 Å². The van der Waals surface area contributed by atoms with Gasteiger partial charge in [0.25, 0.3) is 0 Å². The second-order valence-corrected chi connectivity index (χ2v) is 7.45. The molecular formula is C16H26N4. The zero-order valence-electron chi connectivity index (χ0n) is 13.1. The lowest BCUT2D eigenvalue weighted by Gasteiger charge is -2.20. The fourth-order valence-electron chi connectivity index (χ4n) is 2.85. The number of nitrogens with one attached hydrogen (secondary N) is 2. The summed E-state index contributed by atoms with van der Waals surface area (Å²) in [5, 5.41) is 6.70. The lowest BCUT2D eigenvalue weighted by molar-refractivity contribution is 0.465. The average Bonchev–Trinajstić information content (AvgIpc) is 3.27. The van der Waals surface area contributed by atoms with Crippen molar-refractivity contribution in [3.8, 4) is 0 Å². The molecular weight excluding hydrogens is 248 g/mol. The molecule has 0 aliphatic heterocycles. The second-order valence-electron chi connectivity index (χ2n) is 7.45. The van der Waals surface area contributed by atoms with Crippen LogP contribution in [0.5, 0.6) is 0 Å². The highest BCUT2D eigenvalue weighted by Crippen LogP contribution is 2.61. The van der Waals surface area contributed by atoms with E-state index < -0.39 is 0 Å². The summed E-state index contributed by atoms with van der Waals surface area (Å²) in [6.07, 6.45) is 5.64. The van der Waals surface area contributed by atoms with Crippen LogP contribution in [0.3, 0.4) is 0 Å². The van der Waals surface area contributed by atoms with Gasteiger partial charge in [-0.25, -0.2) is 9.97 Å². The average molecular weight is 274 g/mol. The first-order valence-corrected chi connectivity index (χ1v) is 7.74. The number of rotatable bonds is 5. The summed E-state index contributed by atoms with van der Waals surface area (Å²) in [5.74, 6) is 3.72. The lowest BCUT2D eigenvalue weighted by atomic mass is 9.95. The van der Waals surface area contributed by atoms with Crippen LogP contribution in [-0.2, 0) is 5.41 Å². The van der Waals surface area contributed by atoms with Gasteiger partial charge in [0.15, 0.2) is 0 Å². The van der Waals surface area contributed by atoms with E-state index >= 15 is 0 Å². The first kappa shape index (κ1) is 13.7. The van der Waals surface area contributed by atoms with Gasteiger partial charge < -0.3 is 10.6 Å². The standard InChI is InChI=1S/C16H26N4/c1-15(2,3)14-19-12(17-4)9-13(20-14)18-10-16(7-8-16)11-5-6-11/h9,11H,5-8,10H2,1-4H3,(H2,17,18,19,20). The van der Waals surface area contributed by atoms with E-state index in [0.29, 0.717) is 5.41 Å². The fourth-order valence-corrected chi connectivity index (χ4v) is 2.85. The molecule has 0 bridgehead atoms. The Morgan fingerprint density at radius 1 is 1.20 bits per heavy atom. The van der Waals surface area contributed by atoms with Crippen LogP contribution < -0.4 is 10.6 Å². The SMILES string of the molecule is CNc1cc(NCC2(C3CC3)CC2)nc(C(C)(C)C)n1. The van der Waals surface area contributed by atoms with Crippen LogP contribution in [0.25, 0.3) is 0 Å². The number of aromatic nitrogens is 2. The van der Waals surface area contributed by atoms with Crippen molar-refractivity contribution in [3.63, 3.8) is 0 Å². The van der Waals surface area contributed by atoms with E-state index in [0.717, 1.165) is 29.9 Å². The van der Waals surface area contributed by atoms with Crippen molar-refractivity contribution in [2.75, 3.05) is 24.2 Å². The molecule has 0 unspecified atom stereocenters. The molecule has 0 atom stereocenters. The summed E-state index contributed by atoms with van der Waals surface area (Å²) >= 11 is 0. The number of nitrogens with zero attached hydrogens (tertiary/aromatic N) is 2. The topological polar surface area (TPSA) is 49.8 Å². The van der Waals surface area contributed by atoms with E-state index in [1.54, 1.807) is 0 Å². The van der Waals surface area contributed by atoms with E-state index in [1.165, 1.54) is 25.7 Å². The first-order valence-electron chi connectivity index (χ1n) is 7.74. The molecule has 1 aromatic rings. The van der Waals surface area contributed by atoms with E-state index in [1.807, 2.05) is 13.1 Å². The zero-order chi connectivity index (χ0) is 14.4. The maximum absolute atomic E-state index is 4.70. The molecule has 0 amide bonds. The van der Waals surface area contributed by atoms with Crippen molar-refractivity contribution in [1.29, 1.82) is 0 Å². The minimum Gasteiger partial charge on any atom is -0.373 e. The monoisotopic (exact) mass is 274 g/mol. The Balaban J connectivity index is 1.75. The molecule has 1 heterocycles. The third-order valence-electron chi connectivity index (χ3n) is 4.61. The van der Waals surface area contributed by atoms with E-state index in [-0.39, 0.29) is 5.41 Å². The third kappa shape index (κ3) is 2.74. The van der Waals surface area contributed by atoms with Crippen LogP contribution in [0.1, 0.15) is 52.3 Å². The molecule has 2 aliphatic rings. The Labute approximate surface area is 121 Å². The third-order valence-corrected chi connectivity index (χ3v) is 4.61. The van der Waals surface area contributed by atoms with E-state index in [2.05, 4.69) is 36.4 Å². The van der Waals surface area contributed by atoms with Crippen molar-refractivity contribution < 1.29 is 0 Å². The van der Waals surface area contributed by atoms with Crippen molar-refractivity contribution in [1.82, 2.24) is 9.97 Å². The molecule has 110 valence electrons. The molecule has 4 nitrogen and oxygen atoms in total. The molecule has 0 saturated heterocycles. The summed E-state index contributed by atoms with van der Waals surface area (Å²) < 4.78 is 0. The van der Waals surface area contributed by atoms with Gasteiger partial charge in [0.05, 0.1) is 0 Å². The van der Waals surface area contributed by atoms with Gasteiger partial charge in [-0.1, -0.05) is 20.8 Å². The first-order chi connectivity index (χ1) is 9.43. The van der Waals surface area contributed by atoms with Crippen LogP contribution >= 0.6 is 0 Å². The predicted octanol–water partition coefficient (Wildman–Crippen LogP) is 3.42. The maximum atomic E-state index is 4.70. The van der Waals surface area contributed by atoms with Crippen LogP contribution in [0.15, 0.2) is 6.07 Å². The van der Waals surface area contributed by atoms with Crippen molar-refractivity contribution in [3.05, 3.63) is 11.9 Å². The predicted molar refractivity (Wildman–Crippen MR) is 83.2 cm³/mol. The van der Waals surface area contributed by atoms with Crippen molar-refractivity contribution in [2.45, 2.75) is 51.9 Å². The van der Waals surface area contributed by atoms with Gasteiger partial charge in [0.2, 0.25) is 0 Å². The smallest absolute Gasteiger partial charge is 0.138 e. The molecule has 2 N–H and O–H groups in total. The molecule has 2 fully saturated rings. The Bertz CT molecular complexity index is 496. The molecule has 0 aromatic carbocycles. The summed E-state index contributed by atoms with van der Waals surface area (Å²) in [6.45, 7) is 7.52. The van der Waals surface area contributed by atoms with Crippen LogP contribution in [0.4, 0.5) is 11.6 Å². The van der Waals surface area contributed by atoms with Gasteiger partial charge in [-0.15, -0.1) is 0 Å². The zero-order valence-corrected chi connectivity index (χ0v) is 13.1. The van der Waals surface area contributed by atoms with Crippen molar-refractivity contribution >= 4 is 11.6 Å². The largest absolute Gasteiger partial charge is 0.373 e. The molecule has 2 saturated carbocycles. The minimum atomic E-state index is -0.0307. The Kier molecular flexibility index (Phi) is 3.14. The highest BCUT2D eigenvalue weighted by molar-refractivity contribution is 5.48. The molecule has 3 rings (SSSR count). The van der Waals surface area contributed by atoms with Crippen molar-refractivity contribution in [2.24, 2.45) is 11.3 Å². The molecule has 4 heteroatoms. The fraction of sp³-hybridized carbons (Fsp3) is 0.750. The molecule has 2 aliphatic carbocycles. The van der Waals surface area contributed by atoms with Gasteiger partial charge in [-0.2, -0.15) is 0 Å². The maximum Gasteiger partial charge on any atom is 0.138 e. The Morgan fingerprint density at radius 3 is 2.35 bits per heavy atom. The number of hydrogen-bond acceptors (Lipinski definition) is 4. The summed E-state index contributed by atoms with van der Waals surface area (Å²) in [7, 11) is 1.91. The Hall–Kier alpha value is -1.32. The van der Waals surface area contributed by atoms with Crippen LogP contribution in [-0.4, -0.2) is 23.6 Å². The highest BCUT2D eigenvalue weighted by Gasteiger charge is 2.53. The van der Waals surface area contributed by atoms with E-state index in [9.17, 15) is 0 Å². The highest BCUT2D eigenvalue weighted by atomic mass is 15.1. The summed E-state index contributed by atoms with van der Waals surface area (Å²) in [6, 6.07) is 2.01. The molecule has 1 aromatic heterocycles. The van der Waals surface area contributed by atoms with Crippen LogP contribution in [0, 0.1) is 11.3 Å². The van der Waals surface area contributed by atoms with Crippen LogP contribution in [0.2, 0.25) is 0 Å². The lowest BCUT2D eigenvalue weighted by Crippen LogP contribution is -2.21. The molecule has 0 radical (unpaired) electrons. The molecule has 20 heavy (non-hydrogen) atoms. The normalized spacial score (nSPS) is 20.6. The Morgan fingerprint density at radius 2 is 1.85 bits per heavy atom. The van der Waals surface area contributed by atoms with Gasteiger partial charge in [0.1, 0.15) is 17.5 Å². The number of anilines is 2. The van der Waals surface area contributed by atoms with Gasteiger partial charge in [-0.05, 0) is 37.0 Å². The second kappa shape index (κ2) is 4.61. The quantitative estimate of drug-likeness (QED) is 0.864. The van der Waals surface area contributed by atoms with Gasteiger partial charge in [0, 0.05) is 25.1 Å². The van der Waals surface area contributed by atoms with Gasteiger partial charge >= 0.3 is 0 Å². The number of hydrogen-bond donors (Lipinski definition) is 2. The minimum absolute atomic E-state index is 0.0307. The van der Waals surface area contributed by atoms with Gasteiger partial charge in [-0.3, -0.25) is 0 Å². The molecule has 0 spiro atoms.